The molecule has 0 amide bonds. The summed E-state index contributed by atoms with van der Waals surface area (Å²) in [4.78, 5) is 10.1. The largest absolute Gasteiger partial charge is 0.494 e. The van der Waals surface area contributed by atoms with Crippen LogP contribution in [0.2, 0.25) is 0 Å². The summed E-state index contributed by atoms with van der Waals surface area (Å²) in [6.07, 6.45) is 0. The van der Waals surface area contributed by atoms with Crippen LogP contribution in [-0.2, 0) is 9.31 Å². The van der Waals surface area contributed by atoms with E-state index in [1.807, 2.05) is 72.8 Å². The van der Waals surface area contributed by atoms with Gasteiger partial charge < -0.3 is 18.1 Å². The average Bonchev–Trinajstić information content (AvgIpc) is 3.61. The second kappa shape index (κ2) is 8.52. The molecule has 0 aliphatic carbocycles. The molecule has 6 nitrogen and oxygen atoms in total. The van der Waals surface area contributed by atoms with Crippen LogP contribution in [0.25, 0.3) is 66.7 Å². The third kappa shape index (κ3) is 3.66. The van der Waals surface area contributed by atoms with Gasteiger partial charge in [-0.05, 0) is 57.4 Å². The van der Waals surface area contributed by atoms with Crippen molar-refractivity contribution in [3.63, 3.8) is 0 Å². The first-order chi connectivity index (χ1) is 19.8. The quantitative estimate of drug-likeness (QED) is 0.213. The highest BCUT2D eigenvalue weighted by Gasteiger charge is 2.51. The number of aromatic nitrogens is 2. The van der Waals surface area contributed by atoms with Crippen LogP contribution in [0.15, 0.2) is 99.8 Å². The molecule has 0 bridgehead atoms. The molecule has 0 atom stereocenters. The lowest BCUT2D eigenvalue weighted by Crippen LogP contribution is -2.41. The number of rotatable bonds is 3. The first-order valence-corrected chi connectivity index (χ1v) is 13.8. The number of nitrogens with zero attached hydrogens (tertiary/aromatic N) is 2. The van der Waals surface area contributed by atoms with E-state index in [0.29, 0.717) is 11.4 Å². The molecule has 41 heavy (non-hydrogen) atoms. The molecule has 1 aliphatic rings. The first-order valence-electron chi connectivity index (χ1n) is 13.8. The van der Waals surface area contributed by atoms with Crippen LogP contribution in [0.1, 0.15) is 27.7 Å². The van der Waals surface area contributed by atoms with Crippen molar-refractivity contribution < 1.29 is 18.1 Å². The van der Waals surface area contributed by atoms with E-state index in [9.17, 15) is 0 Å². The van der Waals surface area contributed by atoms with Gasteiger partial charge in [-0.3, -0.25) is 0 Å². The van der Waals surface area contributed by atoms with E-state index in [2.05, 4.69) is 45.9 Å². The van der Waals surface area contributed by atoms with Gasteiger partial charge in [-0.25, -0.2) is 9.97 Å². The molecule has 8 rings (SSSR count). The fraction of sp³-hybridized carbons (Fsp3) is 0.176. The Bertz CT molecular complexity index is 2110. The molecule has 3 aromatic heterocycles. The number of benzene rings is 4. The van der Waals surface area contributed by atoms with Crippen LogP contribution in [-0.4, -0.2) is 28.3 Å². The van der Waals surface area contributed by atoms with E-state index < -0.39 is 18.3 Å². The van der Waals surface area contributed by atoms with E-state index in [1.165, 1.54) is 0 Å². The molecular formula is C34H27BN2O4. The van der Waals surface area contributed by atoms with E-state index in [-0.39, 0.29) is 0 Å². The smallest absolute Gasteiger partial charge is 0.455 e. The molecule has 1 fully saturated rings. The number of para-hydroxylation sites is 2. The van der Waals surface area contributed by atoms with Crippen molar-refractivity contribution in [1.29, 1.82) is 0 Å². The van der Waals surface area contributed by atoms with E-state index in [4.69, 9.17) is 28.1 Å². The molecule has 4 heterocycles. The molecule has 4 aromatic carbocycles. The zero-order valence-electron chi connectivity index (χ0n) is 23.3. The fourth-order valence-electron chi connectivity index (χ4n) is 5.62. The standard InChI is InChI=1S/C34H27BN2O4/c1-33(2)34(3,4)41-35(40-33)21-17-18-22-23-14-10-15-25(30(23)39-27(22)19-21)32-36-28(20-11-6-5-7-12-20)31-29(37-32)24-13-8-9-16-26(24)38-31/h5-19H,1-4H3. The van der Waals surface area contributed by atoms with Crippen molar-refractivity contribution in [2.24, 2.45) is 0 Å². The molecule has 200 valence electrons. The summed E-state index contributed by atoms with van der Waals surface area (Å²) in [6.45, 7) is 8.23. The molecule has 7 heteroatoms. The van der Waals surface area contributed by atoms with Gasteiger partial charge in [0.2, 0.25) is 0 Å². The highest BCUT2D eigenvalue weighted by atomic mass is 16.7. The lowest BCUT2D eigenvalue weighted by molar-refractivity contribution is 0.00578. The van der Waals surface area contributed by atoms with Gasteiger partial charge in [0.15, 0.2) is 11.4 Å². The Morgan fingerprint density at radius 1 is 0.610 bits per heavy atom. The Kier molecular flexibility index (Phi) is 5.06. The van der Waals surface area contributed by atoms with Crippen LogP contribution < -0.4 is 5.46 Å². The Morgan fingerprint density at radius 3 is 2.12 bits per heavy atom. The van der Waals surface area contributed by atoms with Crippen LogP contribution in [0.4, 0.5) is 0 Å². The molecule has 0 unspecified atom stereocenters. The minimum atomic E-state index is -0.467. The monoisotopic (exact) mass is 538 g/mol. The fourth-order valence-corrected chi connectivity index (χ4v) is 5.62. The van der Waals surface area contributed by atoms with Gasteiger partial charge in [0.1, 0.15) is 28.0 Å². The van der Waals surface area contributed by atoms with Crippen LogP contribution in [0, 0.1) is 0 Å². The second-order valence-corrected chi connectivity index (χ2v) is 11.7. The molecule has 1 saturated heterocycles. The summed E-state index contributed by atoms with van der Waals surface area (Å²) < 4.78 is 25.4. The highest BCUT2D eigenvalue weighted by molar-refractivity contribution is 6.62. The predicted octanol–water partition coefficient (Wildman–Crippen LogP) is 7.91. The minimum absolute atomic E-state index is 0.419. The summed E-state index contributed by atoms with van der Waals surface area (Å²) in [5.74, 6) is 0.582. The number of hydrogen-bond acceptors (Lipinski definition) is 6. The summed E-state index contributed by atoms with van der Waals surface area (Å²) in [7, 11) is -0.467. The van der Waals surface area contributed by atoms with Gasteiger partial charge in [-0.15, -0.1) is 0 Å². The summed E-state index contributed by atoms with van der Waals surface area (Å²) >= 11 is 0. The maximum Gasteiger partial charge on any atom is 0.494 e. The second-order valence-electron chi connectivity index (χ2n) is 11.7. The molecule has 1 aliphatic heterocycles. The predicted molar refractivity (Wildman–Crippen MR) is 163 cm³/mol. The van der Waals surface area contributed by atoms with E-state index in [0.717, 1.165) is 60.7 Å². The molecule has 0 spiro atoms. The summed E-state index contributed by atoms with van der Waals surface area (Å²) in [5, 5.41) is 2.97. The van der Waals surface area contributed by atoms with Crippen molar-refractivity contribution in [1.82, 2.24) is 9.97 Å². The average molecular weight is 538 g/mol. The molecule has 0 radical (unpaired) electrons. The molecular weight excluding hydrogens is 511 g/mol. The molecule has 0 N–H and O–H groups in total. The lowest BCUT2D eigenvalue weighted by atomic mass is 9.79. The van der Waals surface area contributed by atoms with Gasteiger partial charge in [0.05, 0.1) is 16.8 Å². The summed E-state index contributed by atoms with van der Waals surface area (Å²) in [5.41, 5.74) is 6.34. The minimum Gasteiger partial charge on any atom is -0.455 e. The Labute approximate surface area is 237 Å². The number of hydrogen-bond donors (Lipinski definition) is 0. The van der Waals surface area contributed by atoms with E-state index >= 15 is 0 Å². The van der Waals surface area contributed by atoms with Crippen molar-refractivity contribution in [3.8, 4) is 22.6 Å². The summed E-state index contributed by atoms with van der Waals surface area (Å²) in [6, 6.07) is 30.3. The third-order valence-electron chi connectivity index (χ3n) is 8.56. The van der Waals surface area contributed by atoms with Gasteiger partial charge in [-0.2, -0.15) is 0 Å². The van der Waals surface area contributed by atoms with Crippen LogP contribution >= 0.6 is 0 Å². The number of fused-ring (bicyclic) bond motifs is 6. The van der Waals surface area contributed by atoms with Crippen LogP contribution in [0.3, 0.4) is 0 Å². The SMILES string of the molecule is CC1(C)OB(c2ccc3c(c2)oc2c(-c4nc(-c5ccccc5)c5oc6ccccc6c5n4)cccc23)OC1(C)C. The Morgan fingerprint density at radius 2 is 1.32 bits per heavy atom. The van der Waals surface area contributed by atoms with Gasteiger partial charge in [0.25, 0.3) is 0 Å². The highest BCUT2D eigenvalue weighted by Crippen LogP contribution is 2.40. The van der Waals surface area contributed by atoms with Crippen molar-refractivity contribution >= 4 is 56.6 Å². The maximum absolute atomic E-state index is 6.55. The number of furan rings is 2. The van der Waals surface area contributed by atoms with Crippen molar-refractivity contribution in [2.45, 2.75) is 38.9 Å². The Hall–Kier alpha value is -4.46. The van der Waals surface area contributed by atoms with Gasteiger partial charge >= 0.3 is 7.12 Å². The normalized spacial score (nSPS) is 16.4. The van der Waals surface area contributed by atoms with Gasteiger partial charge in [0, 0.05) is 21.7 Å². The Balaban J connectivity index is 1.33. The van der Waals surface area contributed by atoms with E-state index in [1.54, 1.807) is 0 Å². The molecule has 7 aromatic rings. The topological polar surface area (TPSA) is 70.5 Å². The van der Waals surface area contributed by atoms with Crippen molar-refractivity contribution in [2.75, 3.05) is 0 Å². The maximum atomic E-state index is 6.55. The van der Waals surface area contributed by atoms with Gasteiger partial charge in [-0.1, -0.05) is 66.7 Å². The zero-order chi connectivity index (χ0) is 27.9. The van der Waals surface area contributed by atoms with Crippen molar-refractivity contribution in [3.05, 3.63) is 91.0 Å². The molecule has 0 saturated carbocycles. The lowest BCUT2D eigenvalue weighted by Gasteiger charge is -2.32. The van der Waals surface area contributed by atoms with Crippen LogP contribution in [0.5, 0.6) is 0 Å². The third-order valence-corrected chi connectivity index (χ3v) is 8.56. The zero-order valence-corrected chi connectivity index (χ0v) is 23.3. The first kappa shape index (κ1) is 24.4.